The number of carbonyl (C=O) groups is 2. The molecular formula is C16H8Cl3NO2S. The van der Waals surface area contributed by atoms with E-state index in [0.29, 0.717) is 26.3 Å². The lowest BCUT2D eigenvalue weighted by molar-refractivity contribution is -0.113. The second-order valence-corrected chi connectivity index (χ2v) is 6.85. The van der Waals surface area contributed by atoms with Crippen LogP contribution in [0.3, 0.4) is 0 Å². The van der Waals surface area contributed by atoms with E-state index in [1.165, 1.54) is 0 Å². The summed E-state index contributed by atoms with van der Waals surface area (Å²) in [5.74, 6) is -0.404. The molecule has 1 fully saturated rings. The standard InChI is InChI=1S/C16H8Cl3NO2S/c17-10-4-6-11(7-5-10)20-15(21)13(23-16(20)22)8-9-2-1-3-12(18)14(9)19/h1-8H/b13-8-. The molecule has 0 bridgehead atoms. The molecule has 1 aliphatic heterocycles. The molecule has 0 radical (unpaired) electrons. The molecule has 116 valence electrons. The van der Waals surface area contributed by atoms with Gasteiger partial charge in [-0.25, -0.2) is 4.90 Å². The minimum Gasteiger partial charge on any atom is -0.268 e. The van der Waals surface area contributed by atoms with Crippen LogP contribution in [0.4, 0.5) is 10.5 Å². The molecule has 0 N–H and O–H groups in total. The Balaban J connectivity index is 1.96. The third-order valence-corrected chi connectivity index (χ3v) is 5.10. The number of thioether (sulfide) groups is 1. The van der Waals surface area contributed by atoms with Crippen molar-refractivity contribution in [1.29, 1.82) is 0 Å². The zero-order valence-corrected chi connectivity index (χ0v) is 14.5. The zero-order chi connectivity index (χ0) is 16.6. The largest absolute Gasteiger partial charge is 0.298 e. The summed E-state index contributed by atoms with van der Waals surface area (Å²) in [6.45, 7) is 0. The number of carbonyl (C=O) groups excluding carboxylic acids is 2. The van der Waals surface area contributed by atoms with Gasteiger partial charge in [-0.05, 0) is 53.7 Å². The molecule has 2 amide bonds. The van der Waals surface area contributed by atoms with E-state index in [-0.39, 0.29) is 10.1 Å². The Morgan fingerprint density at radius 1 is 0.957 bits per heavy atom. The summed E-state index contributed by atoms with van der Waals surface area (Å²) in [4.78, 5) is 26.1. The summed E-state index contributed by atoms with van der Waals surface area (Å²) in [5, 5.41) is 0.883. The van der Waals surface area contributed by atoms with Crippen molar-refractivity contribution in [2.24, 2.45) is 0 Å². The Kier molecular flexibility index (Phi) is 4.69. The summed E-state index contributed by atoms with van der Waals surface area (Å²) in [7, 11) is 0. The molecule has 3 rings (SSSR count). The normalized spacial score (nSPS) is 16.5. The van der Waals surface area contributed by atoms with Gasteiger partial charge in [0.1, 0.15) is 0 Å². The fraction of sp³-hybridized carbons (Fsp3) is 0. The quantitative estimate of drug-likeness (QED) is 0.606. The van der Waals surface area contributed by atoms with Crippen molar-refractivity contribution < 1.29 is 9.59 Å². The van der Waals surface area contributed by atoms with Gasteiger partial charge in [0.2, 0.25) is 0 Å². The number of benzene rings is 2. The lowest BCUT2D eigenvalue weighted by Gasteiger charge is -2.12. The molecule has 0 atom stereocenters. The summed E-state index contributed by atoms with van der Waals surface area (Å²) in [5.41, 5.74) is 1.05. The summed E-state index contributed by atoms with van der Waals surface area (Å²) >= 11 is 18.8. The Morgan fingerprint density at radius 3 is 2.35 bits per heavy atom. The number of amides is 2. The molecule has 3 nitrogen and oxygen atoms in total. The maximum absolute atomic E-state index is 12.5. The van der Waals surface area contributed by atoms with Crippen LogP contribution >= 0.6 is 46.6 Å². The first kappa shape index (κ1) is 16.4. The molecule has 0 aliphatic carbocycles. The van der Waals surface area contributed by atoms with Crippen molar-refractivity contribution in [2.45, 2.75) is 0 Å². The molecule has 0 spiro atoms. The highest BCUT2D eigenvalue weighted by Gasteiger charge is 2.36. The topological polar surface area (TPSA) is 37.4 Å². The van der Waals surface area contributed by atoms with E-state index in [0.717, 1.165) is 16.7 Å². The van der Waals surface area contributed by atoms with E-state index in [2.05, 4.69) is 0 Å². The molecule has 0 aromatic heterocycles. The van der Waals surface area contributed by atoms with Crippen molar-refractivity contribution >= 4 is 69.5 Å². The Hall–Kier alpha value is -1.46. The first-order chi connectivity index (χ1) is 11.0. The van der Waals surface area contributed by atoms with Gasteiger partial charge < -0.3 is 0 Å². The predicted octanol–water partition coefficient (Wildman–Crippen LogP) is 5.89. The molecule has 0 unspecified atom stereocenters. The van der Waals surface area contributed by atoms with Crippen LogP contribution in [-0.2, 0) is 4.79 Å². The van der Waals surface area contributed by atoms with Gasteiger partial charge in [-0.15, -0.1) is 0 Å². The van der Waals surface area contributed by atoms with Crippen LogP contribution in [0.2, 0.25) is 15.1 Å². The van der Waals surface area contributed by atoms with Gasteiger partial charge in [0.15, 0.2) is 0 Å². The number of hydrogen-bond acceptors (Lipinski definition) is 3. The molecule has 2 aromatic rings. The van der Waals surface area contributed by atoms with E-state index in [9.17, 15) is 9.59 Å². The van der Waals surface area contributed by atoms with Crippen molar-refractivity contribution in [3.8, 4) is 0 Å². The van der Waals surface area contributed by atoms with E-state index in [1.807, 2.05) is 0 Å². The Bertz CT molecular complexity index is 834. The molecule has 0 saturated carbocycles. The van der Waals surface area contributed by atoms with Crippen LogP contribution in [0.1, 0.15) is 5.56 Å². The van der Waals surface area contributed by atoms with Crippen LogP contribution < -0.4 is 4.90 Å². The Morgan fingerprint density at radius 2 is 1.65 bits per heavy atom. The minimum absolute atomic E-state index is 0.286. The molecule has 7 heteroatoms. The van der Waals surface area contributed by atoms with Gasteiger partial charge in [0.05, 0.1) is 20.6 Å². The van der Waals surface area contributed by atoms with Crippen LogP contribution in [0, 0.1) is 0 Å². The fourth-order valence-electron chi connectivity index (χ4n) is 2.05. The van der Waals surface area contributed by atoms with Gasteiger partial charge in [0.25, 0.3) is 11.1 Å². The molecule has 1 aliphatic rings. The van der Waals surface area contributed by atoms with Crippen molar-refractivity contribution in [3.05, 3.63) is 68.0 Å². The number of hydrogen-bond donors (Lipinski definition) is 0. The third kappa shape index (κ3) is 3.26. The fourth-order valence-corrected chi connectivity index (χ4v) is 3.37. The van der Waals surface area contributed by atoms with Gasteiger partial charge in [-0.3, -0.25) is 9.59 Å². The number of imide groups is 1. The number of halogens is 3. The van der Waals surface area contributed by atoms with Crippen LogP contribution in [0.25, 0.3) is 6.08 Å². The predicted molar refractivity (Wildman–Crippen MR) is 96.4 cm³/mol. The lowest BCUT2D eigenvalue weighted by Crippen LogP contribution is -2.27. The second kappa shape index (κ2) is 6.57. The molecule has 1 saturated heterocycles. The van der Waals surface area contributed by atoms with Crippen molar-refractivity contribution in [1.82, 2.24) is 0 Å². The summed E-state index contributed by atoms with van der Waals surface area (Å²) in [6, 6.07) is 11.6. The van der Waals surface area contributed by atoms with Gasteiger partial charge in [-0.1, -0.05) is 46.9 Å². The zero-order valence-electron chi connectivity index (χ0n) is 11.4. The maximum Gasteiger partial charge on any atom is 0.298 e. The number of anilines is 1. The highest BCUT2D eigenvalue weighted by Crippen LogP contribution is 2.37. The number of rotatable bonds is 2. The lowest BCUT2D eigenvalue weighted by atomic mass is 10.2. The van der Waals surface area contributed by atoms with Crippen molar-refractivity contribution in [3.63, 3.8) is 0 Å². The van der Waals surface area contributed by atoms with Gasteiger partial charge in [-0.2, -0.15) is 0 Å². The van der Waals surface area contributed by atoms with Gasteiger partial charge in [0, 0.05) is 5.02 Å². The van der Waals surface area contributed by atoms with Crippen LogP contribution in [0.5, 0.6) is 0 Å². The first-order valence-electron chi connectivity index (χ1n) is 6.45. The third-order valence-electron chi connectivity index (χ3n) is 3.15. The summed E-state index contributed by atoms with van der Waals surface area (Å²) < 4.78 is 0. The molecular weight excluding hydrogens is 377 g/mol. The molecule has 2 aromatic carbocycles. The second-order valence-electron chi connectivity index (χ2n) is 4.64. The maximum atomic E-state index is 12.5. The molecule has 23 heavy (non-hydrogen) atoms. The average molecular weight is 385 g/mol. The minimum atomic E-state index is -0.404. The monoisotopic (exact) mass is 383 g/mol. The van der Waals surface area contributed by atoms with Gasteiger partial charge >= 0.3 is 0 Å². The highest BCUT2D eigenvalue weighted by molar-refractivity contribution is 8.19. The smallest absolute Gasteiger partial charge is 0.268 e. The highest BCUT2D eigenvalue weighted by atomic mass is 35.5. The van der Waals surface area contributed by atoms with E-state index < -0.39 is 5.91 Å². The molecule has 1 heterocycles. The number of nitrogens with zero attached hydrogens (tertiary/aromatic N) is 1. The van der Waals surface area contributed by atoms with E-state index in [4.69, 9.17) is 34.8 Å². The summed E-state index contributed by atoms with van der Waals surface area (Å²) in [6.07, 6.45) is 1.56. The average Bonchev–Trinajstić information content (AvgIpc) is 2.79. The van der Waals surface area contributed by atoms with Crippen molar-refractivity contribution in [2.75, 3.05) is 4.90 Å². The van der Waals surface area contributed by atoms with E-state index in [1.54, 1.807) is 48.5 Å². The van der Waals surface area contributed by atoms with Crippen LogP contribution in [-0.4, -0.2) is 11.1 Å². The first-order valence-corrected chi connectivity index (χ1v) is 8.40. The van der Waals surface area contributed by atoms with E-state index >= 15 is 0 Å². The van der Waals surface area contributed by atoms with Crippen LogP contribution in [0.15, 0.2) is 47.4 Å². The SMILES string of the molecule is O=C1S/C(=C\c2cccc(Cl)c2Cl)C(=O)N1c1ccc(Cl)cc1. The Labute approximate surface area is 151 Å².